The van der Waals surface area contributed by atoms with E-state index < -0.39 is 68.4 Å². The first-order valence-electron chi connectivity index (χ1n) is 8.22. The number of hydrogen-bond donors (Lipinski definition) is 0. The van der Waals surface area contributed by atoms with E-state index >= 15 is 0 Å². The first-order chi connectivity index (χ1) is 14.1. The van der Waals surface area contributed by atoms with Crippen LogP contribution in [0, 0.1) is 0 Å². The van der Waals surface area contributed by atoms with Gasteiger partial charge in [-0.05, 0) is 20.3 Å². The summed E-state index contributed by atoms with van der Waals surface area (Å²) in [4.78, 5) is 0. The first-order valence-corrected chi connectivity index (χ1v) is 9.63. The molecule has 194 valence electrons. The molecule has 18 heteroatoms. The normalized spacial score (nSPS) is 18.6. The molecule has 33 heavy (non-hydrogen) atoms. The van der Waals surface area contributed by atoms with Crippen LogP contribution in [0.15, 0.2) is 22.4 Å². The largest absolute Gasteiger partial charge is 0.460 e. The van der Waals surface area contributed by atoms with Gasteiger partial charge >= 0.3 is 41.7 Å². The zero-order valence-corrected chi connectivity index (χ0v) is 17.3. The van der Waals surface area contributed by atoms with E-state index in [4.69, 9.17) is 0 Å². The lowest BCUT2D eigenvalue weighted by molar-refractivity contribution is -0.458. The predicted octanol–water partition coefficient (Wildman–Crippen LogP) is 6.75. The van der Waals surface area contributed by atoms with E-state index in [9.17, 15) is 74.6 Å². The van der Waals surface area contributed by atoms with Gasteiger partial charge in [-0.3, -0.25) is 0 Å². The number of rotatable bonds is 8. The van der Waals surface area contributed by atoms with Crippen LogP contribution in [0.1, 0.15) is 20.3 Å². The monoisotopic (exact) mass is 542 g/mol. The second-order valence-electron chi connectivity index (χ2n) is 7.15. The van der Waals surface area contributed by atoms with Crippen molar-refractivity contribution >= 4 is 9.52 Å². The highest BCUT2D eigenvalue weighted by Crippen LogP contribution is 2.64. The van der Waals surface area contributed by atoms with Gasteiger partial charge in [-0.1, -0.05) is 22.4 Å². The van der Waals surface area contributed by atoms with Crippen molar-refractivity contribution < 1.29 is 74.6 Å². The fourth-order valence-corrected chi connectivity index (χ4v) is 4.45. The van der Waals surface area contributed by atoms with Crippen LogP contribution in [-0.2, 0) is 0 Å². The van der Waals surface area contributed by atoms with E-state index in [1.54, 1.807) is 0 Å². The van der Waals surface area contributed by atoms with Gasteiger partial charge in [-0.2, -0.15) is 65.9 Å². The van der Waals surface area contributed by atoms with Crippen LogP contribution in [0.2, 0.25) is 0 Å². The van der Waals surface area contributed by atoms with Crippen molar-refractivity contribution in [2.75, 3.05) is 0 Å². The lowest BCUT2D eigenvalue weighted by atomic mass is 9.91. The third-order valence-corrected chi connectivity index (χ3v) is 7.13. The van der Waals surface area contributed by atoms with Crippen molar-refractivity contribution in [1.82, 2.24) is 0 Å². The summed E-state index contributed by atoms with van der Waals surface area (Å²) in [6, 6.07) is 0. The maximum Gasteiger partial charge on any atom is 0.460 e. The molecule has 0 N–H and O–H groups in total. The van der Waals surface area contributed by atoms with Gasteiger partial charge < -0.3 is 0 Å². The molecule has 1 aliphatic rings. The molecule has 0 aromatic rings. The molecule has 0 amide bonds. The zero-order valence-electron chi connectivity index (χ0n) is 15.9. The molecule has 0 radical (unpaired) electrons. The van der Waals surface area contributed by atoms with Gasteiger partial charge in [0.05, 0.1) is 0 Å². The van der Waals surface area contributed by atoms with Crippen LogP contribution >= 0.6 is 0 Å². The molecule has 0 fully saturated rings. The summed E-state index contributed by atoms with van der Waals surface area (Å²) in [5, 5.41) is -0.628. The van der Waals surface area contributed by atoms with Gasteiger partial charge in [-0.25, -0.2) is 8.78 Å². The van der Waals surface area contributed by atoms with Crippen LogP contribution in [0.3, 0.4) is 0 Å². The van der Waals surface area contributed by atoms with Crippen molar-refractivity contribution in [3.8, 4) is 0 Å². The van der Waals surface area contributed by atoms with Crippen LogP contribution in [0.4, 0.5) is 74.6 Å². The number of halogens is 17. The maximum atomic E-state index is 14.0. The summed E-state index contributed by atoms with van der Waals surface area (Å²) >= 11 is 0. The van der Waals surface area contributed by atoms with Gasteiger partial charge in [0.25, 0.3) is 5.55 Å². The van der Waals surface area contributed by atoms with E-state index in [1.165, 1.54) is 6.92 Å². The van der Waals surface area contributed by atoms with Crippen molar-refractivity contribution in [3.05, 3.63) is 22.4 Å². The Morgan fingerprint density at radius 3 is 1.18 bits per heavy atom. The minimum Gasteiger partial charge on any atom is -0.205 e. The molecule has 0 aromatic heterocycles. The van der Waals surface area contributed by atoms with Crippen LogP contribution < -0.4 is 0 Å². The van der Waals surface area contributed by atoms with Crippen LogP contribution in [-0.4, -0.2) is 56.8 Å². The highest BCUT2D eigenvalue weighted by Gasteiger charge is 2.95. The van der Waals surface area contributed by atoms with Crippen molar-refractivity contribution in [1.29, 1.82) is 0 Å². The molecule has 0 atom stereocenters. The lowest BCUT2D eigenvalue weighted by Crippen LogP contribution is -2.74. The van der Waals surface area contributed by atoms with E-state index in [0.717, 1.165) is 13.0 Å². The number of alkyl halides is 17. The molecular formula is C15H11F17Si. The van der Waals surface area contributed by atoms with Gasteiger partial charge in [0.1, 0.15) is 9.52 Å². The minimum absolute atomic E-state index is 0.145. The Balaban J connectivity index is 3.57. The lowest BCUT2D eigenvalue weighted by Gasteiger charge is -2.43. The highest BCUT2D eigenvalue weighted by molar-refractivity contribution is 6.49. The Labute approximate surface area is 175 Å². The van der Waals surface area contributed by atoms with E-state index in [-0.39, 0.29) is 11.1 Å². The number of hydrogen-bond acceptors (Lipinski definition) is 0. The zero-order chi connectivity index (χ0) is 26.9. The second kappa shape index (κ2) is 7.76. The molecule has 0 saturated carbocycles. The fraction of sp³-hybridized carbons (Fsp3) is 0.733. The second-order valence-corrected chi connectivity index (χ2v) is 9.24. The maximum absolute atomic E-state index is 14.0. The van der Waals surface area contributed by atoms with E-state index in [2.05, 4.69) is 0 Å². The molecule has 0 unspecified atom stereocenters. The molecule has 0 saturated heterocycles. The quantitative estimate of drug-likeness (QED) is 0.235. The molecule has 0 aliphatic heterocycles. The molecule has 0 heterocycles. The molecule has 0 aromatic carbocycles. The summed E-state index contributed by atoms with van der Waals surface area (Å²) in [6.07, 6.45) is -7.15. The summed E-state index contributed by atoms with van der Waals surface area (Å²) in [6.45, 7) is 2.29. The fourth-order valence-electron chi connectivity index (χ4n) is 2.64. The average molecular weight is 542 g/mol. The Morgan fingerprint density at radius 2 is 0.879 bits per heavy atom. The van der Waals surface area contributed by atoms with Crippen molar-refractivity contribution in [3.63, 3.8) is 0 Å². The number of allylic oxidation sites excluding steroid dienone is 4. The minimum atomic E-state index is -8.58. The van der Waals surface area contributed by atoms with E-state index in [1.807, 2.05) is 0 Å². The van der Waals surface area contributed by atoms with Crippen LogP contribution in [0.5, 0.6) is 0 Å². The van der Waals surface area contributed by atoms with E-state index in [0.29, 0.717) is 0 Å². The van der Waals surface area contributed by atoms with Crippen LogP contribution in [0.25, 0.3) is 0 Å². The SMILES string of the molecule is CC1=CCC([SiH2]C(F)(F)C(F)(F)C(F)(F)C(F)(F)C(F)(F)C(F)(F)C(F)(F)C(F)(F)F)=C1C. The third-order valence-electron chi connectivity index (χ3n) is 5.00. The Hall–Kier alpha value is -1.49. The summed E-state index contributed by atoms with van der Waals surface area (Å²) in [5.41, 5.74) is -6.18. The molecule has 1 aliphatic carbocycles. The summed E-state index contributed by atoms with van der Waals surface area (Å²) in [5.74, 6) is -49.5. The summed E-state index contributed by atoms with van der Waals surface area (Å²) in [7, 11) is -4.06. The standard InChI is InChI=1S/C15H11F17Si/c1-5-3-4-7(6(5)2)33-15(31,32)13(26,27)11(22,23)9(18,19)8(16,17)10(20,21)12(24,25)14(28,29)30/h3H,4,33H2,1-2H3. The van der Waals surface area contributed by atoms with Crippen molar-refractivity contribution in [2.24, 2.45) is 0 Å². The molecule has 1 rings (SSSR count). The van der Waals surface area contributed by atoms with Gasteiger partial charge in [0, 0.05) is 0 Å². The highest BCUT2D eigenvalue weighted by atomic mass is 28.2. The van der Waals surface area contributed by atoms with Gasteiger partial charge in [0.15, 0.2) is 0 Å². The third kappa shape index (κ3) is 3.92. The first kappa shape index (κ1) is 29.5. The van der Waals surface area contributed by atoms with Gasteiger partial charge in [0.2, 0.25) is 0 Å². The molecule has 0 bridgehead atoms. The van der Waals surface area contributed by atoms with Gasteiger partial charge in [-0.15, -0.1) is 0 Å². The average Bonchev–Trinajstić information content (AvgIpc) is 2.91. The van der Waals surface area contributed by atoms with Crippen molar-refractivity contribution in [2.45, 2.75) is 67.5 Å². The Bertz CT molecular complexity index is 830. The Morgan fingerprint density at radius 1 is 0.545 bits per heavy atom. The molecule has 0 nitrogen and oxygen atoms in total. The molecule has 0 spiro atoms. The predicted molar refractivity (Wildman–Crippen MR) is 80.3 cm³/mol. The Kier molecular flexibility index (Phi) is 6.95. The molecular weight excluding hydrogens is 531 g/mol. The topological polar surface area (TPSA) is 0 Å². The smallest absolute Gasteiger partial charge is 0.205 e. The summed E-state index contributed by atoms with van der Waals surface area (Å²) < 4.78 is 225.